The minimum Gasteiger partial charge on any atom is -0.507 e. The van der Waals surface area contributed by atoms with Crippen molar-refractivity contribution >= 4 is 5.82 Å². The zero-order valence-corrected chi connectivity index (χ0v) is 12.5. The molecule has 1 aromatic heterocycles. The Morgan fingerprint density at radius 1 is 1.05 bits per heavy atom. The van der Waals surface area contributed by atoms with Crippen molar-refractivity contribution in [2.45, 2.75) is 34.1 Å². The van der Waals surface area contributed by atoms with Gasteiger partial charge in [-0.3, -0.25) is 0 Å². The maximum Gasteiger partial charge on any atom is 0.161 e. The lowest BCUT2D eigenvalue weighted by atomic mass is 10.1. The van der Waals surface area contributed by atoms with Crippen LogP contribution in [-0.4, -0.2) is 21.6 Å². The first-order chi connectivity index (χ1) is 9.55. The molecule has 0 saturated carbocycles. The van der Waals surface area contributed by atoms with Gasteiger partial charge in [0.2, 0.25) is 0 Å². The van der Waals surface area contributed by atoms with Crippen LogP contribution in [0.2, 0.25) is 0 Å². The van der Waals surface area contributed by atoms with Crippen LogP contribution < -0.4 is 5.32 Å². The smallest absolute Gasteiger partial charge is 0.161 e. The maximum absolute atomic E-state index is 9.86. The molecule has 0 aliphatic rings. The first-order valence-corrected chi connectivity index (χ1v) is 6.97. The summed E-state index contributed by atoms with van der Waals surface area (Å²) in [6, 6.07) is 5.83. The molecule has 0 saturated heterocycles. The Bertz CT molecular complexity index is 600. The number of anilines is 1. The van der Waals surface area contributed by atoms with E-state index in [4.69, 9.17) is 0 Å². The zero-order chi connectivity index (χ0) is 14.7. The highest BCUT2D eigenvalue weighted by Crippen LogP contribution is 2.28. The normalized spacial score (nSPS) is 10.6. The van der Waals surface area contributed by atoms with Gasteiger partial charge in [-0.1, -0.05) is 6.92 Å². The molecular formula is C16H21N3O. The van der Waals surface area contributed by atoms with Gasteiger partial charge in [-0.2, -0.15) is 0 Å². The molecule has 0 aliphatic carbocycles. The number of rotatable bonds is 4. The van der Waals surface area contributed by atoms with Crippen molar-refractivity contribution in [3.63, 3.8) is 0 Å². The Morgan fingerprint density at radius 3 is 2.25 bits per heavy atom. The predicted molar refractivity (Wildman–Crippen MR) is 82.1 cm³/mol. The number of nitrogens with zero attached hydrogens (tertiary/aromatic N) is 2. The first-order valence-electron chi connectivity index (χ1n) is 6.97. The van der Waals surface area contributed by atoms with Gasteiger partial charge in [-0.05, 0) is 50.5 Å². The van der Waals surface area contributed by atoms with E-state index in [1.807, 2.05) is 39.0 Å². The van der Waals surface area contributed by atoms with Crippen LogP contribution in [0.15, 0.2) is 18.2 Å². The van der Waals surface area contributed by atoms with E-state index in [2.05, 4.69) is 22.2 Å². The third-order valence-corrected chi connectivity index (χ3v) is 3.25. The maximum atomic E-state index is 9.86. The van der Waals surface area contributed by atoms with Gasteiger partial charge in [0, 0.05) is 23.9 Å². The summed E-state index contributed by atoms with van der Waals surface area (Å²) in [5, 5.41) is 13.1. The summed E-state index contributed by atoms with van der Waals surface area (Å²) >= 11 is 0. The van der Waals surface area contributed by atoms with Gasteiger partial charge < -0.3 is 10.4 Å². The molecule has 0 fully saturated rings. The minimum absolute atomic E-state index is 0.340. The van der Waals surface area contributed by atoms with E-state index in [0.29, 0.717) is 11.6 Å². The summed E-state index contributed by atoms with van der Waals surface area (Å²) in [7, 11) is 0. The standard InChI is InChI=1S/C16H21N3O/c1-5-13-9-14(17-6-2)19-16(18-13)12-7-10(3)15(20)11(4)8-12/h7-9,20H,5-6H2,1-4H3,(H,17,18,19). The molecule has 4 nitrogen and oxygen atoms in total. The lowest BCUT2D eigenvalue weighted by Crippen LogP contribution is -2.04. The van der Waals surface area contributed by atoms with Crippen molar-refractivity contribution in [3.05, 3.63) is 35.0 Å². The lowest BCUT2D eigenvalue weighted by molar-refractivity contribution is 0.467. The third kappa shape index (κ3) is 2.90. The fourth-order valence-electron chi connectivity index (χ4n) is 2.16. The average Bonchev–Trinajstić information content (AvgIpc) is 2.44. The second kappa shape index (κ2) is 5.90. The van der Waals surface area contributed by atoms with Gasteiger partial charge >= 0.3 is 0 Å². The number of phenols is 1. The van der Waals surface area contributed by atoms with E-state index < -0.39 is 0 Å². The number of aromatic nitrogens is 2. The van der Waals surface area contributed by atoms with Crippen LogP contribution in [0.25, 0.3) is 11.4 Å². The van der Waals surface area contributed by atoms with Gasteiger partial charge in [0.15, 0.2) is 5.82 Å². The fourth-order valence-corrected chi connectivity index (χ4v) is 2.16. The molecule has 20 heavy (non-hydrogen) atoms. The van der Waals surface area contributed by atoms with Crippen molar-refractivity contribution in [1.82, 2.24) is 9.97 Å². The van der Waals surface area contributed by atoms with Crippen LogP contribution in [0, 0.1) is 13.8 Å². The molecule has 0 amide bonds. The molecule has 1 aromatic carbocycles. The summed E-state index contributed by atoms with van der Waals surface area (Å²) in [5.74, 6) is 1.89. The monoisotopic (exact) mass is 271 g/mol. The highest BCUT2D eigenvalue weighted by Gasteiger charge is 2.09. The topological polar surface area (TPSA) is 58.0 Å². The Labute approximate surface area is 119 Å². The van der Waals surface area contributed by atoms with Gasteiger partial charge in [0.1, 0.15) is 11.6 Å². The van der Waals surface area contributed by atoms with Crippen molar-refractivity contribution < 1.29 is 5.11 Å². The number of hydrogen-bond acceptors (Lipinski definition) is 4. The Balaban J connectivity index is 2.53. The molecular weight excluding hydrogens is 250 g/mol. The number of phenolic OH excluding ortho intramolecular Hbond substituents is 1. The van der Waals surface area contributed by atoms with Crippen molar-refractivity contribution in [3.8, 4) is 17.1 Å². The number of nitrogens with one attached hydrogen (secondary N) is 1. The molecule has 0 atom stereocenters. The molecule has 0 unspecified atom stereocenters. The van der Waals surface area contributed by atoms with Gasteiger partial charge in [-0.25, -0.2) is 9.97 Å². The highest BCUT2D eigenvalue weighted by molar-refractivity contribution is 5.62. The molecule has 2 rings (SSSR count). The predicted octanol–water partition coefficient (Wildman–Crippen LogP) is 3.46. The summed E-state index contributed by atoms with van der Waals surface area (Å²) in [6.45, 7) is 8.73. The first kappa shape index (κ1) is 14.3. The van der Waals surface area contributed by atoms with Crippen LogP contribution in [-0.2, 0) is 6.42 Å². The van der Waals surface area contributed by atoms with Gasteiger partial charge in [0.25, 0.3) is 0 Å². The molecule has 2 N–H and O–H groups in total. The average molecular weight is 271 g/mol. The lowest BCUT2D eigenvalue weighted by Gasteiger charge is -2.10. The van der Waals surface area contributed by atoms with E-state index in [1.165, 1.54) is 0 Å². The summed E-state index contributed by atoms with van der Waals surface area (Å²) < 4.78 is 0. The van der Waals surface area contributed by atoms with Crippen LogP contribution in [0.4, 0.5) is 5.82 Å². The van der Waals surface area contributed by atoms with Crippen molar-refractivity contribution in [1.29, 1.82) is 0 Å². The molecule has 106 valence electrons. The van der Waals surface area contributed by atoms with Crippen LogP contribution in [0.5, 0.6) is 5.75 Å². The number of hydrogen-bond donors (Lipinski definition) is 2. The van der Waals surface area contributed by atoms with Crippen LogP contribution in [0.1, 0.15) is 30.7 Å². The second-order valence-electron chi connectivity index (χ2n) is 4.91. The van der Waals surface area contributed by atoms with Crippen molar-refractivity contribution in [2.75, 3.05) is 11.9 Å². The van der Waals surface area contributed by atoms with Crippen LogP contribution in [0.3, 0.4) is 0 Å². The van der Waals surface area contributed by atoms with E-state index in [1.54, 1.807) is 0 Å². The fraction of sp³-hybridized carbons (Fsp3) is 0.375. The van der Waals surface area contributed by atoms with Gasteiger partial charge in [-0.15, -0.1) is 0 Å². The number of benzene rings is 1. The van der Waals surface area contributed by atoms with Gasteiger partial charge in [0.05, 0.1) is 0 Å². The highest BCUT2D eigenvalue weighted by atomic mass is 16.3. The second-order valence-corrected chi connectivity index (χ2v) is 4.91. The molecule has 0 spiro atoms. The Hall–Kier alpha value is -2.10. The van der Waals surface area contributed by atoms with E-state index in [-0.39, 0.29) is 0 Å². The van der Waals surface area contributed by atoms with E-state index in [0.717, 1.165) is 41.2 Å². The SMILES string of the molecule is CCNc1cc(CC)nc(-c2cc(C)c(O)c(C)c2)n1. The Kier molecular flexibility index (Phi) is 4.23. The van der Waals surface area contributed by atoms with E-state index in [9.17, 15) is 5.11 Å². The van der Waals surface area contributed by atoms with Crippen LogP contribution >= 0.6 is 0 Å². The molecule has 4 heteroatoms. The number of aromatic hydroxyl groups is 1. The van der Waals surface area contributed by atoms with Crippen molar-refractivity contribution in [2.24, 2.45) is 0 Å². The number of aryl methyl sites for hydroxylation is 3. The Morgan fingerprint density at radius 2 is 1.70 bits per heavy atom. The molecule has 0 radical (unpaired) electrons. The summed E-state index contributed by atoms with van der Waals surface area (Å²) in [6.07, 6.45) is 0.865. The third-order valence-electron chi connectivity index (χ3n) is 3.25. The quantitative estimate of drug-likeness (QED) is 0.894. The van der Waals surface area contributed by atoms with E-state index >= 15 is 0 Å². The largest absolute Gasteiger partial charge is 0.507 e. The summed E-state index contributed by atoms with van der Waals surface area (Å²) in [5.41, 5.74) is 3.63. The molecule has 1 heterocycles. The molecule has 2 aromatic rings. The molecule has 0 bridgehead atoms. The minimum atomic E-state index is 0.340. The summed E-state index contributed by atoms with van der Waals surface area (Å²) in [4.78, 5) is 9.13. The molecule has 0 aliphatic heterocycles. The zero-order valence-electron chi connectivity index (χ0n) is 12.5.